The Hall–Kier alpha value is -2.16. The number of para-hydroxylation sites is 1. The third kappa shape index (κ3) is 2.81. The highest BCUT2D eigenvalue weighted by molar-refractivity contribution is 5.76. The number of nitrogens with two attached hydrogens (primary N) is 1. The van der Waals surface area contributed by atoms with Crippen LogP contribution >= 0.6 is 0 Å². The number of nitrogen functional groups attached to an aromatic ring is 1. The molecule has 0 saturated heterocycles. The van der Waals surface area contributed by atoms with Crippen LogP contribution in [-0.4, -0.2) is 14.1 Å². The van der Waals surface area contributed by atoms with Gasteiger partial charge in [-0.25, -0.2) is 0 Å². The molecule has 19 heavy (non-hydrogen) atoms. The first-order chi connectivity index (χ1) is 8.99. The van der Waals surface area contributed by atoms with Gasteiger partial charge in [0.1, 0.15) is 0 Å². The van der Waals surface area contributed by atoms with E-state index in [0.717, 1.165) is 22.6 Å². The van der Waals surface area contributed by atoms with Crippen molar-refractivity contribution in [3.8, 4) is 0 Å². The molecule has 0 aliphatic carbocycles. The second-order valence-corrected chi connectivity index (χ2v) is 5.06. The Morgan fingerprint density at radius 3 is 2.42 bits per heavy atom. The zero-order valence-corrected chi connectivity index (χ0v) is 12.0. The minimum atomic E-state index is 0.800. The second kappa shape index (κ2) is 5.22. The number of nitrogens with zero attached hydrogens (tertiary/aromatic N) is 1. The van der Waals surface area contributed by atoms with E-state index in [4.69, 9.17) is 5.73 Å². The minimum Gasteiger partial charge on any atom is -0.397 e. The molecule has 0 aliphatic rings. The Kier molecular flexibility index (Phi) is 3.65. The predicted molar refractivity (Wildman–Crippen MR) is 84.4 cm³/mol. The minimum absolute atomic E-state index is 0.800. The quantitative estimate of drug-likeness (QED) is 0.822. The van der Waals surface area contributed by atoms with Gasteiger partial charge < -0.3 is 16.0 Å². The number of benzene rings is 2. The number of aryl methyl sites for hydroxylation is 2. The number of hydrogen-bond donors (Lipinski definition) is 2. The van der Waals surface area contributed by atoms with Gasteiger partial charge in [-0.2, -0.15) is 0 Å². The molecule has 0 unspecified atom stereocenters. The molecule has 0 atom stereocenters. The van der Waals surface area contributed by atoms with Crippen LogP contribution in [0.15, 0.2) is 36.4 Å². The first kappa shape index (κ1) is 13.3. The Morgan fingerprint density at radius 2 is 1.74 bits per heavy atom. The van der Waals surface area contributed by atoms with Crippen LogP contribution in [0, 0.1) is 13.8 Å². The molecule has 3 N–H and O–H groups in total. The van der Waals surface area contributed by atoms with Crippen molar-refractivity contribution in [1.82, 2.24) is 0 Å². The van der Waals surface area contributed by atoms with Gasteiger partial charge in [0.2, 0.25) is 0 Å². The molecule has 100 valence electrons. The summed E-state index contributed by atoms with van der Waals surface area (Å²) in [5.41, 5.74) is 12.4. The molecule has 0 fully saturated rings. The largest absolute Gasteiger partial charge is 0.397 e. The van der Waals surface area contributed by atoms with Crippen molar-refractivity contribution < 1.29 is 0 Å². The summed E-state index contributed by atoms with van der Waals surface area (Å²) in [6.45, 7) is 4.13. The topological polar surface area (TPSA) is 41.3 Å². The van der Waals surface area contributed by atoms with Crippen LogP contribution < -0.4 is 16.0 Å². The van der Waals surface area contributed by atoms with Crippen LogP contribution in [0.1, 0.15) is 11.1 Å². The molecule has 3 heteroatoms. The van der Waals surface area contributed by atoms with E-state index in [0.29, 0.717) is 0 Å². The normalized spacial score (nSPS) is 10.3. The average Bonchev–Trinajstić information content (AvgIpc) is 2.37. The van der Waals surface area contributed by atoms with Gasteiger partial charge >= 0.3 is 0 Å². The Labute approximate surface area is 115 Å². The van der Waals surface area contributed by atoms with E-state index in [2.05, 4.69) is 35.3 Å². The highest BCUT2D eigenvalue weighted by Gasteiger charge is 2.05. The number of rotatable bonds is 3. The van der Waals surface area contributed by atoms with Crippen molar-refractivity contribution in [1.29, 1.82) is 0 Å². The predicted octanol–water partition coefficient (Wildman–Crippen LogP) is 3.70. The van der Waals surface area contributed by atoms with Gasteiger partial charge in [-0.15, -0.1) is 0 Å². The summed E-state index contributed by atoms with van der Waals surface area (Å²) in [6, 6.07) is 12.3. The van der Waals surface area contributed by atoms with E-state index < -0.39 is 0 Å². The Morgan fingerprint density at radius 1 is 1.00 bits per heavy atom. The highest BCUT2D eigenvalue weighted by atomic mass is 15.1. The van der Waals surface area contributed by atoms with Gasteiger partial charge in [-0.1, -0.05) is 18.2 Å². The summed E-state index contributed by atoms with van der Waals surface area (Å²) in [5, 5.41) is 3.38. The molecule has 0 saturated carbocycles. The molecule has 2 rings (SSSR count). The summed E-state index contributed by atoms with van der Waals surface area (Å²) in [6.07, 6.45) is 0. The van der Waals surface area contributed by atoms with Crippen LogP contribution in [0.4, 0.5) is 22.7 Å². The lowest BCUT2D eigenvalue weighted by molar-refractivity contribution is 1.11. The lowest BCUT2D eigenvalue weighted by atomic mass is 10.1. The monoisotopic (exact) mass is 255 g/mol. The maximum absolute atomic E-state index is 6.09. The summed E-state index contributed by atoms with van der Waals surface area (Å²) >= 11 is 0. The van der Waals surface area contributed by atoms with E-state index in [1.807, 2.05) is 39.2 Å². The molecular weight excluding hydrogens is 234 g/mol. The standard InChI is InChI=1S/C16H21N3/c1-11-8-9-13(10-15(11)19(3)4)18-14-7-5-6-12(2)16(14)17/h5-10,18H,17H2,1-4H3. The summed E-state index contributed by atoms with van der Waals surface area (Å²) in [5.74, 6) is 0. The van der Waals surface area contributed by atoms with E-state index in [1.165, 1.54) is 11.3 Å². The van der Waals surface area contributed by atoms with E-state index in [-0.39, 0.29) is 0 Å². The summed E-state index contributed by atoms with van der Waals surface area (Å²) in [7, 11) is 4.10. The Balaban J connectivity index is 2.34. The molecule has 2 aromatic rings. The summed E-state index contributed by atoms with van der Waals surface area (Å²) < 4.78 is 0. The zero-order valence-electron chi connectivity index (χ0n) is 12.0. The zero-order chi connectivity index (χ0) is 14.0. The van der Waals surface area contributed by atoms with Crippen molar-refractivity contribution in [3.63, 3.8) is 0 Å². The maximum atomic E-state index is 6.09. The van der Waals surface area contributed by atoms with Crippen LogP contribution in [0.3, 0.4) is 0 Å². The fourth-order valence-corrected chi connectivity index (χ4v) is 2.11. The number of hydrogen-bond acceptors (Lipinski definition) is 3. The first-order valence-electron chi connectivity index (χ1n) is 6.39. The number of nitrogens with one attached hydrogen (secondary N) is 1. The van der Waals surface area contributed by atoms with Gasteiger partial charge in [-0.3, -0.25) is 0 Å². The molecule has 0 radical (unpaired) electrons. The molecule has 0 aliphatic heterocycles. The molecule has 0 spiro atoms. The lowest BCUT2D eigenvalue weighted by Gasteiger charge is -2.18. The van der Waals surface area contributed by atoms with Crippen molar-refractivity contribution in [2.75, 3.05) is 30.0 Å². The van der Waals surface area contributed by atoms with E-state index in [1.54, 1.807) is 0 Å². The average molecular weight is 255 g/mol. The van der Waals surface area contributed by atoms with Crippen molar-refractivity contribution in [2.24, 2.45) is 0 Å². The van der Waals surface area contributed by atoms with Gasteiger partial charge in [-0.05, 0) is 43.2 Å². The van der Waals surface area contributed by atoms with Crippen LogP contribution in [0.25, 0.3) is 0 Å². The van der Waals surface area contributed by atoms with Crippen molar-refractivity contribution in [3.05, 3.63) is 47.5 Å². The molecule has 2 aromatic carbocycles. The molecule has 3 nitrogen and oxygen atoms in total. The van der Waals surface area contributed by atoms with E-state index >= 15 is 0 Å². The molecule has 0 bridgehead atoms. The molecular formula is C16H21N3. The van der Waals surface area contributed by atoms with Gasteiger partial charge in [0.15, 0.2) is 0 Å². The van der Waals surface area contributed by atoms with Gasteiger partial charge in [0.05, 0.1) is 11.4 Å². The number of anilines is 4. The van der Waals surface area contributed by atoms with Crippen LogP contribution in [-0.2, 0) is 0 Å². The molecule has 0 amide bonds. The fraction of sp³-hybridized carbons (Fsp3) is 0.250. The molecule has 0 heterocycles. The second-order valence-electron chi connectivity index (χ2n) is 5.06. The van der Waals surface area contributed by atoms with Crippen LogP contribution in [0.5, 0.6) is 0 Å². The molecule has 0 aromatic heterocycles. The van der Waals surface area contributed by atoms with Crippen LogP contribution in [0.2, 0.25) is 0 Å². The fourth-order valence-electron chi connectivity index (χ4n) is 2.11. The Bertz CT molecular complexity index is 589. The van der Waals surface area contributed by atoms with E-state index in [9.17, 15) is 0 Å². The first-order valence-corrected chi connectivity index (χ1v) is 6.39. The summed E-state index contributed by atoms with van der Waals surface area (Å²) in [4.78, 5) is 2.11. The highest BCUT2D eigenvalue weighted by Crippen LogP contribution is 2.28. The maximum Gasteiger partial charge on any atom is 0.0620 e. The van der Waals surface area contributed by atoms with Gasteiger partial charge in [0, 0.05) is 25.5 Å². The van der Waals surface area contributed by atoms with Gasteiger partial charge in [0.25, 0.3) is 0 Å². The third-order valence-electron chi connectivity index (χ3n) is 3.29. The SMILES string of the molecule is Cc1ccc(Nc2cccc(C)c2N)cc1N(C)C. The smallest absolute Gasteiger partial charge is 0.0620 e. The van der Waals surface area contributed by atoms with Crippen molar-refractivity contribution in [2.45, 2.75) is 13.8 Å². The third-order valence-corrected chi connectivity index (χ3v) is 3.29. The lowest BCUT2D eigenvalue weighted by Crippen LogP contribution is -2.10. The van der Waals surface area contributed by atoms with Crippen molar-refractivity contribution >= 4 is 22.7 Å².